The van der Waals surface area contributed by atoms with Crippen LogP contribution >= 0.6 is 0 Å². The summed E-state index contributed by atoms with van der Waals surface area (Å²) in [7, 11) is 0. The number of amides is 2. The average molecular weight is 405 g/mol. The number of fused-ring (bicyclic) bond motifs is 3. The molecule has 154 valence electrons. The third-order valence-corrected chi connectivity index (χ3v) is 6.34. The number of para-hydroxylation sites is 2. The van der Waals surface area contributed by atoms with Crippen LogP contribution in [0.4, 0.5) is 0 Å². The zero-order chi connectivity index (χ0) is 20.7. The van der Waals surface area contributed by atoms with Gasteiger partial charge in [0.2, 0.25) is 11.8 Å². The van der Waals surface area contributed by atoms with Crippen LogP contribution in [0.2, 0.25) is 0 Å². The summed E-state index contributed by atoms with van der Waals surface area (Å²) in [5, 5.41) is 0. The highest BCUT2D eigenvalue weighted by molar-refractivity contribution is 6.05. The van der Waals surface area contributed by atoms with E-state index in [1.165, 1.54) is 4.90 Å². The number of likely N-dealkylation sites (tertiary alicyclic amines) is 1. The summed E-state index contributed by atoms with van der Waals surface area (Å²) in [6.45, 7) is 0.0794. The summed E-state index contributed by atoms with van der Waals surface area (Å²) in [6, 6.07) is 14.9. The molecule has 0 radical (unpaired) electrons. The van der Waals surface area contributed by atoms with Gasteiger partial charge in [-0.2, -0.15) is 0 Å². The molecule has 1 saturated heterocycles. The van der Waals surface area contributed by atoms with Gasteiger partial charge in [-0.3, -0.25) is 19.3 Å². The van der Waals surface area contributed by atoms with E-state index in [0.717, 1.165) is 36.8 Å². The molecule has 5 rings (SSSR count). The lowest BCUT2D eigenvalue weighted by Crippen LogP contribution is -2.33. The minimum Gasteiger partial charge on any atom is -0.456 e. The van der Waals surface area contributed by atoms with Crippen LogP contribution in [-0.2, 0) is 19.1 Å². The van der Waals surface area contributed by atoms with Crippen molar-refractivity contribution in [2.24, 2.45) is 11.8 Å². The Labute approximate surface area is 174 Å². The number of hydrogen-bond donors (Lipinski definition) is 0. The van der Waals surface area contributed by atoms with Gasteiger partial charge < -0.3 is 9.47 Å². The molecule has 1 saturated carbocycles. The van der Waals surface area contributed by atoms with Crippen molar-refractivity contribution < 1.29 is 23.9 Å². The fraction of sp³-hybridized carbons (Fsp3) is 0.375. The van der Waals surface area contributed by atoms with E-state index in [1.54, 1.807) is 0 Å². The molecular weight excluding hydrogens is 382 g/mol. The maximum Gasteiger partial charge on any atom is 0.308 e. The van der Waals surface area contributed by atoms with E-state index < -0.39 is 12.1 Å². The minimum absolute atomic E-state index is 0.0153. The van der Waals surface area contributed by atoms with Crippen LogP contribution < -0.4 is 4.74 Å². The SMILES string of the molecule is O=C(CCN1C(=O)[C@@H]2CCCC[C@H]2C1=O)OC1c2ccccc2Oc2ccccc21. The van der Waals surface area contributed by atoms with E-state index in [2.05, 4.69) is 0 Å². The second-order valence-corrected chi connectivity index (χ2v) is 8.12. The molecule has 2 fully saturated rings. The maximum atomic E-state index is 12.7. The van der Waals surface area contributed by atoms with E-state index in [1.807, 2.05) is 48.5 Å². The number of nitrogens with zero attached hydrogens (tertiary/aromatic N) is 1. The lowest BCUT2D eigenvalue weighted by molar-refractivity contribution is -0.149. The molecule has 2 aromatic carbocycles. The van der Waals surface area contributed by atoms with Gasteiger partial charge in [0.15, 0.2) is 6.10 Å². The zero-order valence-electron chi connectivity index (χ0n) is 16.6. The Morgan fingerprint density at radius 1 is 0.900 bits per heavy atom. The Hall–Kier alpha value is -3.15. The molecule has 0 unspecified atom stereocenters. The van der Waals surface area contributed by atoms with Gasteiger partial charge in [0.25, 0.3) is 0 Å². The molecule has 0 aromatic heterocycles. The first-order valence-electron chi connectivity index (χ1n) is 10.5. The molecule has 2 aromatic rings. The number of imide groups is 1. The normalized spacial score (nSPS) is 22.7. The van der Waals surface area contributed by atoms with E-state index in [4.69, 9.17) is 9.47 Å². The standard InChI is InChI=1S/C24H23NO5/c26-21(13-14-25-23(27)15-7-1-2-8-16(15)24(25)28)30-22-17-9-3-5-11-19(17)29-20-12-6-4-10-18(20)22/h3-6,9-12,15-16,22H,1-2,7-8,13-14H2/t15-,16-/m1/s1. The Morgan fingerprint density at radius 3 is 2.00 bits per heavy atom. The van der Waals surface area contributed by atoms with Crippen LogP contribution in [0.25, 0.3) is 0 Å². The van der Waals surface area contributed by atoms with Crippen molar-refractivity contribution in [1.29, 1.82) is 0 Å². The molecule has 6 heteroatoms. The van der Waals surface area contributed by atoms with Gasteiger partial charge >= 0.3 is 5.97 Å². The summed E-state index contributed by atoms with van der Waals surface area (Å²) >= 11 is 0. The Balaban J connectivity index is 1.30. The van der Waals surface area contributed by atoms with Gasteiger partial charge in [0.05, 0.1) is 18.3 Å². The number of benzene rings is 2. The fourth-order valence-corrected chi connectivity index (χ4v) is 4.84. The van der Waals surface area contributed by atoms with Crippen molar-refractivity contribution in [1.82, 2.24) is 4.90 Å². The van der Waals surface area contributed by atoms with Gasteiger partial charge in [-0.25, -0.2) is 0 Å². The molecular formula is C24H23NO5. The van der Waals surface area contributed by atoms with Crippen LogP contribution in [-0.4, -0.2) is 29.2 Å². The highest BCUT2D eigenvalue weighted by atomic mass is 16.5. The lowest BCUT2D eigenvalue weighted by Gasteiger charge is -2.28. The fourth-order valence-electron chi connectivity index (χ4n) is 4.84. The number of hydrogen-bond acceptors (Lipinski definition) is 5. The van der Waals surface area contributed by atoms with Gasteiger partial charge in [-0.1, -0.05) is 49.2 Å². The number of carbonyl (C=O) groups excluding carboxylic acids is 3. The molecule has 0 bridgehead atoms. The zero-order valence-corrected chi connectivity index (χ0v) is 16.6. The maximum absolute atomic E-state index is 12.7. The summed E-state index contributed by atoms with van der Waals surface area (Å²) in [6.07, 6.45) is 2.92. The second-order valence-electron chi connectivity index (χ2n) is 8.12. The van der Waals surface area contributed by atoms with E-state index in [0.29, 0.717) is 11.5 Å². The number of ether oxygens (including phenoxy) is 2. The molecule has 30 heavy (non-hydrogen) atoms. The summed E-state index contributed by atoms with van der Waals surface area (Å²) in [5.41, 5.74) is 1.56. The van der Waals surface area contributed by atoms with Gasteiger partial charge in [-0.05, 0) is 25.0 Å². The summed E-state index contributed by atoms with van der Waals surface area (Å²) in [5.74, 6) is 0.222. The monoisotopic (exact) mass is 405 g/mol. The molecule has 2 heterocycles. The first-order chi connectivity index (χ1) is 14.6. The lowest BCUT2D eigenvalue weighted by atomic mass is 9.81. The number of rotatable bonds is 4. The van der Waals surface area contributed by atoms with Crippen LogP contribution in [0.1, 0.15) is 49.3 Å². The third kappa shape index (κ3) is 3.16. The molecule has 3 aliphatic rings. The molecule has 0 N–H and O–H groups in total. The smallest absolute Gasteiger partial charge is 0.308 e. The largest absolute Gasteiger partial charge is 0.456 e. The average Bonchev–Trinajstić information content (AvgIpc) is 3.02. The predicted octanol–water partition coefficient (Wildman–Crippen LogP) is 3.99. The van der Waals surface area contributed by atoms with Crippen LogP contribution in [0.5, 0.6) is 11.5 Å². The number of carbonyl (C=O) groups is 3. The third-order valence-electron chi connectivity index (χ3n) is 6.34. The van der Waals surface area contributed by atoms with Gasteiger partial charge in [0.1, 0.15) is 11.5 Å². The molecule has 1 aliphatic carbocycles. The Morgan fingerprint density at radius 2 is 1.43 bits per heavy atom. The Bertz CT molecular complexity index is 947. The van der Waals surface area contributed by atoms with E-state index >= 15 is 0 Å². The first kappa shape index (κ1) is 18.9. The van der Waals surface area contributed by atoms with E-state index in [9.17, 15) is 14.4 Å². The van der Waals surface area contributed by atoms with Gasteiger partial charge in [0, 0.05) is 17.7 Å². The molecule has 2 atom stereocenters. The molecule has 6 nitrogen and oxygen atoms in total. The van der Waals surface area contributed by atoms with Crippen molar-refractivity contribution >= 4 is 17.8 Å². The summed E-state index contributed by atoms with van der Waals surface area (Å²) < 4.78 is 11.7. The van der Waals surface area contributed by atoms with Crippen LogP contribution in [0.3, 0.4) is 0 Å². The van der Waals surface area contributed by atoms with Crippen molar-refractivity contribution in [3.8, 4) is 11.5 Å². The van der Waals surface area contributed by atoms with Crippen molar-refractivity contribution in [3.63, 3.8) is 0 Å². The molecule has 2 aliphatic heterocycles. The summed E-state index contributed by atoms with van der Waals surface area (Å²) in [4.78, 5) is 39.2. The second kappa shape index (κ2) is 7.59. The molecule has 0 spiro atoms. The first-order valence-corrected chi connectivity index (χ1v) is 10.5. The predicted molar refractivity (Wildman–Crippen MR) is 108 cm³/mol. The van der Waals surface area contributed by atoms with Crippen molar-refractivity contribution in [2.45, 2.75) is 38.2 Å². The number of esters is 1. The van der Waals surface area contributed by atoms with Gasteiger partial charge in [-0.15, -0.1) is 0 Å². The van der Waals surface area contributed by atoms with Crippen molar-refractivity contribution in [2.75, 3.05) is 6.54 Å². The van der Waals surface area contributed by atoms with Crippen LogP contribution in [0.15, 0.2) is 48.5 Å². The topological polar surface area (TPSA) is 72.9 Å². The Kier molecular flexibility index (Phi) is 4.77. The highest BCUT2D eigenvalue weighted by Crippen LogP contribution is 2.44. The highest BCUT2D eigenvalue weighted by Gasteiger charge is 2.48. The van der Waals surface area contributed by atoms with E-state index in [-0.39, 0.29) is 36.6 Å². The minimum atomic E-state index is -0.578. The molecule has 2 amide bonds. The quantitative estimate of drug-likeness (QED) is 0.568. The van der Waals surface area contributed by atoms with Crippen molar-refractivity contribution in [3.05, 3.63) is 59.7 Å². The van der Waals surface area contributed by atoms with Crippen LogP contribution in [0, 0.1) is 11.8 Å².